The van der Waals surface area contributed by atoms with E-state index in [4.69, 9.17) is 9.84 Å². The molecule has 1 aliphatic carbocycles. The Balaban J connectivity index is 0.000000201. The van der Waals surface area contributed by atoms with E-state index in [9.17, 15) is 49.8 Å². The predicted octanol–water partition coefficient (Wildman–Crippen LogP) is 10.9. The Morgan fingerprint density at radius 1 is 0.678 bits per heavy atom. The quantitative estimate of drug-likeness (QED) is 0.0736. The molecule has 6 aromatic rings. The first-order valence-electron chi connectivity index (χ1n) is 17.2. The first-order chi connectivity index (χ1) is 28.0. The maximum atomic E-state index is 14.7. The van der Waals surface area contributed by atoms with Crippen molar-refractivity contribution in [2.45, 2.75) is 25.1 Å². The minimum absolute atomic E-state index is 0.0336. The van der Waals surface area contributed by atoms with Gasteiger partial charge < -0.3 is 30.3 Å². The van der Waals surface area contributed by atoms with E-state index in [0.29, 0.717) is 5.75 Å². The molecule has 1 aliphatic rings. The highest BCUT2D eigenvalue weighted by Crippen LogP contribution is 2.41. The highest BCUT2D eigenvalue weighted by molar-refractivity contribution is 5.95. The number of benzene rings is 4. The molecule has 0 saturated heterocycles. The highest BCUT2D eigenvalue weighted by atomic mass is 19.4. The van der Waals surface area contributed by atoms with E-state index < -0.39 is 64.5 Å². The van der Waals surface area contributed by atoms with Crippen molar-refractivity contribution in [2.75, 3.05) is 17.7 Å². The molecule has 4 N–H and O–H groups in total. The number of hydrogen-bond acceptors (Lipinski definition) is 8. The Morgan fingerprint density at radius 3 is 1.90 bits per heavy atom. The Hall–Kier alpha value is -7.24. The van der Waals surface area contributed by atoms with Gasteiger partial charge in [0.2, 0.25) is 0 Å². The summed E-state index contributed by atoms with van der Waals surface area (Å²) in [6.45, 7) is 0. The molecule has 1 saturated carbocycles. The molecule has 2 aromatic heterocycles. The van der Waals surface area contributed by atoms with Crippen LogP contribution in [-0.2, 0) is 0 Å². The van der Waals surface area contributed by atoms with Crippen LogP contribution in [0.4, 0.5) is 58.1 Å². The van der Waals surface area contributed by atoms with Gasteiger partial charge in [0.25, 0.3) is 0 Å². The van der Waals surface area contributed by atoms with Gasteiger partial charge >= 0.3 is 18.3 Å². The van der Waals surface area contributed by atoms with Crippen molar-refractivity contribution in [2.24, 2.45) is 0 Å². The minimum atomic E-state index is -4.91. The molecular formula is C41H28F8N4O6. The number of carbonyl (C=O) groups is 2. The van der Waals surface area contributed by atoms with Crippen LogP contribution >= 0.6 is 0 Å². The van der Waals surface area contributed by atoms with Crippen LogP contribution in [-0.4, -0.2) is 45.6 Å². The van der Waals surface area contributed by atoms with Crippen molar-refractivity contribution in [3.63, 3.8) is 0 Å². The van der Waals surface area contributed by atoms with Crippen LogP contribution in [0.1, 0.15) is 45.0 Å². The lowest BCUT2D eigenvalue weighted by Gasteiger charge is -2.14. The molecule has 4 aromatic carbocycles. The number of nitrogens with zero attached hydrogens (tertiary/aromatic N) is 2. The number of halogens is 8. The standard InChI is InChI=1S/C22H15F5N2O3.C19H13F3N2O3/c23-17-8-13(12-2-1-3-15(6-12)32-22(25,26)27)9-18(24)19(17)29-20-16(21(30)31)7-14(10-28-20)11-4-5-11;1-27-11-5-2-4-10(8-11)13-9-14(20)17(16(22)15(13)21)24-18-12(19(25)26)6-3-7-23-18/h1-3,6-11H,4-5H2,(H,28,29)(H,30,31);2-9H,1H3,(H,23,24)(H,25,26). The molecule has 59 heavy (non-hydrogen) atoms. The molecule has 0 amide bonds. The summed E-state index contributed by atoms with van der Waals surface area (Å²) in [6.07, 6.45) is -0.359. The molecule has 10 nitrogen and oxygen atoms in total. The van der Waals surface area contributed by atoms with Crippen LogP contribution in [0.5, 0.6) is 11.5 Å². The van der Waals surface area contributed by atoms with Gasteiger partial charge in [0.05, 0.1) is 7.11 Å². The van der Waals surface area contributed by atoms with Gasteiger partial charge in [-0.3, -0.25) is 0 Å². The van der Waals surface area contributed by atoms with E-state index in [-0.39, 0.29) is 50.9 Å². The van der Waals surface area contributed by atoms with Crippen molar-refractivity contribution in [1.29, 1.82) is 0 Å². The Kier molecular flexibility index (Phi) is 12.0. The number of anilines is 4. The first-order valence-corrected chi connectivity index (χ1v) is 17.2. The lowest BCUT2D eigenvalue weighted by molar-refractivity contribution is -0.274. The van der Waals surface area contributed by atoms with E-state index in [1.807, 2.05) is 0 Å². The minimum Gasteiger partial charge on any atom is -0.497 e. The van der Waals surface area contributed by atoms with E-state index in [0.717, 1.165) is 48.7 Å². The normalized spacial score (nSPS) is 12.2. The van der Waals surface area contributed by atoms with E-state index >= 15 is 0 Å². The molecule has 0 radical (unpaired) electrons. The molecule has 0 atom stereocenters. The Labute approximate surface area is 328 Å². The number of aromatic carboxylic acids is 2. The van der Waals surface area contributed by atoms with Crippen molar-refractivity contribution in [1.82, 2.24) is 9.97 Å². The number of alkyl halides is 3. The van der Waals surface area contributed by atoms with Crippen molar-refractivity contribution >= 4 is 34.9 Å². The SMILES string of the molecule is COc1cccc(-c2cc(F)c(Nc3ncccc3C(=O)O)c(F)c2F)c1.O=C(O)c1cc(C2CC2)cnc1Nc1c(F)cc(-c2cccc(OC(F)(F)F)c2)cc1F. The summed E-state index contributed by atoms with van der Waals surface area (Å²) >= 11 is 0. The van der Waals surface area contributed by atoms with E-state index in [1.54, 1.807) is 12.1 Å². The highest BCUT2D eigenvalue weighted by Gasteiger charge is 2.31. The number of methoxy groups -OCH3 is 1. The van der Waals surface area contributed by atoms with Crippen LogP contribution < -0.4 is 20.1 Å². The van der Waals surface area contributed by atoms with Gasteiger partial charge in [-0.05, 0) is 102 Å². The molecule has 0 unspecified atom stereocenters. The predicted molar refractivity (Wildman–Crippen MR) is 198 cm³/mol. The summed E-state index contributed by atoms with van der Waals surface area (Å²) in [6, 6.07) is 17.4. The summed E-state index contributed by atoms with van der Waals surface area (Å²) in [5, 5.41) is 23.2. The molecule has 18 heteroatoms. The maximum absolute atomic E-state index is 14.7. The van der Waals surface area contributed by atoms with Crippen molar-refractivity contribution in [3.8, 4) is 33.8 Å². The number of ether oxygens (including phenoxy) is 2. The van der Waals surface area contributed by atoms with Crippen LogP contribution in [0.25, 0.3) is 22.3 Å². The summed E-state index contributed by atoms with van der Waals surface area (Å²) in [4.78, 5) is 30.5. The molecule has 0 aliphatic heterocycles. The fourth-order valence-corrected chi connectivity index (χ4v) is 5.74. The van der Waals surface area contributed by atoms with Crippen LogP contribution in [0.3, 0.4) is 0 Å². The average Bonchev–Trinajstić information content (AvgIpc) is 4.05. The molecule has 304 valence electrons. The lowest BCUT2D eigenvalue weighted by Crippen LogP contribution is -2.17. The summed E-state index contributed by atoms with van der Waals surface area (Å²) in [5.74, 6) is -9.13. The average molecular weight is 825 g/mol. The van der Waals surface area contributed by atoms with Gasteiger partial charge in [-0.25, -0.2) is 41.5 Å². The first kappa shape index (κ1) is 41.4. The monoisotopic (exact) mass is 824 g/mol. The number of carboxylic acid groups (broad SMARTS) is 2. The second kappa shape index (κ2) is 17.1. The number of carboxylic acids is 2. The zero-order valence-electron chi connectivity index (χ0n) is 30.2. The van der Waals surface area contributed by atoms with Gasteiger partial charge in [0.15, 0.2) is 17.5 Å². The van der Waals surface area contributed by atoms with E-state index in [1.165, 1.54) is 62.0 Å². The fraction of sp³-hybridized carbons (Fsp3) is 0.122. The van der Waals surface area contributed by atoms with Gasteiger partial charge in [0, 0.05) is 18.0 Å². The molecule has 0 bridgehead atoms. The van der Waals surface area contributed by atoms with Crippen molar-refractivity contribution in [3.05, 3.63) is 143 Å². The van der Waals surface area contributed by atoms with Gasteiger partial charge in [0.1, 0.15) is 57.3 Å². The summed E-state index contributed by atoms with van der Waals surface area (Å²) in [5.41, 5.74) is -1.28. The lowest BCUT2D eigenvalue weighted by atomic mass is 10.0. The van der Waals surface area contributed by atoms with Gasteiger partial charge in [-0.2, -0.15) is 0 Å². The Bertz CT molecular complexity index is 2540. The zero-order valence-corrected chi connectivity index (χ0v) is 30.2. The Morgan fingerprint density at radius 2 is 1.27 bits per heavy atom. The van der Waals surface area contributed by atoms with Crippen molar-refractivity contribution < 1.29 is 64.4 Å². The number of nitrogens with one attached hydrogen (secondary N) is 2. The maximum Gasteiger partial charge on any atom is 0.573 e. The number of aromatic nitrogens is 2. The largest absolute Gasteiger partial charge is 0.573 e. The van der Waals surface area contributed by atoms with Gasteiger partial charge in [-0.15, -0.1) is 13.2 Å². The summed E-state index contributed by atoms with van der Waals surface area (Å²) in [7, 11) is 1.41. The van der Waals surface area contributed by atoms with Crippen LogP contribution in [0.15, 0.2) is 97.3 Å². The second-order valence-electron chi connectivity index (χ2n) is 12.7. The third-order valence-electron chi connectivity index (χ3n) is 8.70. The topological polar surface area (TPSA) is 143 Å². The number of rotatable bonds is 11. The number of hydrogen-bond donors (Lipinski definition) is 4. The van der Waals surface area contributed by atoms with Crippen LogP contribution in [0, 0.1) is 29.1 Å². The molecule has 0 spiro atoms. The molecule has 7 rings (SSSR count). The molecule has 1 fully saturated rings. The third-order valence-corrected chi connectivity index (χ3v) is 8.70. The van der Waals surface area contributed by atoms with Gasteiger partial charge in [-0.1, -0.05) is 24.3 Å². The molecule has 2 heterocycles. The zero-order chi connectivity index (χ0) is 42.6. The summed E-state index contributed by atoms with van der Waals surface area (Å²) < 4.78 is 119. The smallest absolute Gasteiger partial charge is 0.497 e. The third kappa shape index (κ3) is 9.84. The molecular weight excluding hydrogens is 796 g/mol. The fourth-order valence-electron chi connectivity index (χ4n) is 5.74. The van der Waals surface area contributed by atoms with Crippen LogP contribution in [0.2, 0.25) is 0 Å². The second-order valence-corrected chi connectivity index (χ2v) is 12.7. The van der Waals surface area contributed by atoms with E-state index in [2.05, 4.69) is 25.3 Å². The number of pyridine rings is 2.